The highest BCUT2D eigenvalue weighted by atomic mass is 16.5. The van der Waals surface area contributed by atoms with Crippen molar-refractivity contribution in [3.8, 4) is 0 Å². The Bertz CT molecular complexity index is 180. The van der Waals surface area contributed by atoms with E-state index in [-0.39, 0.29) is 12.0 Å². The zero-order valence-corrected chi connectivity index (χ0v) is 8.75. The average Bonchev–Trinajstić information content (AvgIpc) is 2.28. The van der Waals surface area contributed by atoms with E-state index in [1.54, 1.807) is 6.92 Å². The first-order valence-electron chi connectivity index (χ1n) is 4.98. The molecule has 1 fully saturated rings. The number of rotatable bonds is 1. The molecule has 0 bridgehead atoms. The maximum absolute atomic E-state index is 11.2. The third kappa shape index (κ3) is 2.99. The molecule has 1 rings (SSSR count). The van der Waals surface area contributed by atoms with Crippen molar-refractivity contribution in [2.24, 2.45) is 5.92 Å². The van der Waals surface area contributed by atoms with Crippen molar-refractivity contribution in [2.75, 3.05) is 19.7 Å². The predicted octanol–water partition coefficient (Wildman–Crippen LogP) is 1.28. The maximum Gasteiger partial charge on any atom is 0.219 e. The fraction of sp³-hybridized carbons (Fsp3) is 0.900. The van der Waals surface area contributed by atoms with Gasteiger partial charge >= 0.3 is 0 Å². The minimum atomic E-state index is 0.163. The van der Waals surface area contributed by atoms with E-state index in [9.17, 15) is 4.79 Å². The van der Waals surface area contributed by atoms with Crippen LogP contribution >= 0.6 is 0 Å². The van der Waals surface area contributed by atoms with Crippen molar-refractivity contribution in [3.63, 3.8) is 0 Å². The predicted molar refractivity (Wildman–Crippen MR) is 51.4 cm³/mol. The fourth-order valence-electron chi connectivity index (χ4n) is 1.54. The van der Waals surface area contributed by atoms with Gasteiger partial charge in [-0.15, -0.1) is 0 Å². The Balaban J connectivity index is 2.54. The van der Waals surface area contributed by atoms with Crippen LogP contribution in [0.1, 0.15) is 27.2 Å². The van der Waals surface area contributed by atoms with Gasteiger partial charge in [0.1, 0.15) is 0 Å². The molecular weight excluding hydrogens is 166 g/mol. The summed E-state index contributed by atoms with van der Waals surface area (Å²) in [6.07, 6.45) is 1.18. The van der Waals surface area contributed by atoms with Crippen LogP contribution in [0.4, 0.5) is 0 Å². The summed E-state index contributed by atoms with van der Waals surface area (Å²) in [5.41, 5.74) is 0. The Morgan fingerprint density at radius 3 is 2.77 bits per heavy atom. The number of amides is 1. The van der Waals surface area contributed by atoms with E-state index in [1.807, 2.05) is 4.90 Å². The molecule has 1 saturated heterocycles. The van der Waals surface area contributed by atoms with E-state index in [2.05, 4.69) is 13.8 Å². The molecule has 1 unspecified atom stereocenters. The van der Waals surface area contributed by atoms with Gasteiger partial charge in [0.2, 0.25) is 5.91 Å². The molecule has 1 atom stereocenters. The fourth-order valence-corrected chi connectivity index (χ4v) is 1.54. The van der Waals surface area contributed by atoms with Crippen LogP contribution in [0.15, 0.2) is 0 Å². The van der Waals surface area contributed by atoms with E-state index in [1.165, 1.54) is 0 Å². The quantitative estimate of drug-likeness (QED) is 0.616. The molecule has 3 heteroatoms. The third-order valence-electron chi connectivity index (χ3n) is 2.49. The van der Waals surface area contributed by atoms with Crippen LogP contribution in [0, 0.1) is 5.92 Å². The van der Waals surface area contributed by atoms with Crippen LogP contribution in [0.3, 0.4) is 0 Å². The molecule has 0 aromatic heterocycles. The van der Waals surface area contributed by atoms with Crippen molar-refractivity contribution in [1.29, 1.82) is 0 Å². The second-order valence-corrected chi connectivity index (χ2v) is 3.97. The van der Waals surface area contributed by atoms with Crippen molar-refractivity contribution < 1.29 is 9.53 Å². The van der Waals surface area contributed by atoms with Gasteiger partial charge in [0.05, 0.1) is 6.10 Å². The molecule has 0 radical (unpaired) electrons. The molecule has 0 aliphatic carbocycles. The number of hydrogen-bond donors (Lipinski definition) is 0. The summed E-state index contributed by atoms with van der Waals surface area (Å²) < 4.78 is 5.65. The monoisotopic (exact) mass is 185 g/mol. The lowest BCUT2D eigenvalue weighted by Gasteiger charge is -2.24. The van der Waals surface area contributed by atoms with Crippen molar-refractivity contribution >= 4 is 5.91 Å². The van der Waals surface area contributed by atoms with E-state index in [4.69, 9.17) is 4.74 Å². The minimum absolute atomic E-state index is 0.163. The lowest BCUT2D eigenvalue weighted by atomic mass is 10.1. The number of carbonyl (C=O) groups is 1. The van der Waals surface area contributed by atoms with Gasteiger partial charge in [-0.25, -0.2) is 0 Å². The Labute approximate surface area is 80.1 Å². The first-order valence-corrected chi connectivity index (χ1v) is 4.98. The molecule has 0 aromatic rings. The molecule has 3 nitrogen and oxygen atoms in total. The normalized spacial score (nSPS) is 24.6. The van der Waals surface area contributed by atoms with Crippen molar-refractivity contribution in [1.82, 2.24) is 4.90 Å². The summed E-state index contributed by atoms with van der Waals surface area (Å²) in [6, 6.07) is 0. The highest BCUT2D eigenvalue weighted by molar-refractivity contribution is 5.73. The van der Waals surface area contributed by atoms with Crippen LogP contribution < -0.4 is 0 Å². The van der Waals surface area contributed by atoms with E-state index >= 15 is 0 Å². The second kappa shape index (κ2) is 4.61. The molecule has 1 heterocycles. The van der Waals surface area contributed by atoms with Crippen molar-refractivity contribution in [2.45, 2.75) is 33.3 Å². The van der Waals surface area contributed by atoms with E-state index in [0.29, 0.717) is 5.92 Å². The summed E-state index contributed by atoms with van der Waals surface area (Å²) in [4.78, 5) is 13.1. The molecule has 0 spiro atoms. The van der Waals surface area contributed by atoms with Crippen LogP contribution in [0.2, 0.25) is 0 Å². The van der Waals surface area contributed by atoms with Crippen LogP contribution in [-0.2, 0) is 9.53 Å². The molecule has 13 heavy (non-hydrogen) atoms. The average molecular weight is 185 g/mol. The summed E-state index contributed by atoms with van der Waals surface area (Å²) in [6.45, 7) is 8.28. The smallest absolute Gasteiger partial charge is 0.219 e. The topological polar surface area (TPSA) is 29.5 Å². The third-order valence-corrected chi connectivity index (χ3v) is 2.49. The molecule has 1 amide bonds. The first-order chi connectivity index (χ1) is 6.11. The van der Waals surface area contributed by atoms with Crippen LogP contribution in [0.5, 0.6) is 0 Å². The Kier molecular flexibility index (Phi) is 3.72. The van der Waals surface area contributed by atoms with Gasteiger partial charge in [0.25, 0.3) is 0 Å². The summed E-state index contributed by atoms with van der Waals surface area (Å²) in [7, 11) is 0. The highest BCUT2D eigenvalue weighted by Gasteiger charge is 2.22. The summed E-state index contributed by atoms with van der Waals surface area (Å²) in [5, 5.41) is 0. The van der Waals surface area contributed by atoms with Crippen LogP contribution in [0.25, 0.3) is 0 Å². The Hall–Kier alpha value is -0.570. The van der Waals surface area contributed by atoms with Crippen LogP contribution in [-0.4, -0.2) is 36.6 Å². The Morgan fingerprint density at radius 1 is 1.54 bits per heavy atom. The molecule has 1 aliphatic rings. The van der Waals surface area contributed by atoms with Gasteiger partial charge in [0.15, 0.2) is 0 Å². The molecular formula is C10H19NO2. The number of carbonyl (C=O) groups excluding carboxylic acids is 1. The number of hydrogen-bond acceptors (Lipinski definition) is 2. The first kappa shape index (κ1) is 10.5. The Morgan fingerprint density at radius 2 is 2.23 bits per heavy atom. The molecule has 0 N–H and O–H groups in total. The lowest BCUT2D eigenvalue weighted by molar-refractivity contribution is -0.129. The molecule has 0 aromatic carbocycles. The van der Waals surface area contributed by atoms with Gasteiger partial charge in [-0.05, 0) is 12.3 Å². The van der Waals surface area contributed by atoms with Gasteiger partial charge in [-0.3, -0.25) is 4.79 Å². The zero-order chi connectivity index (χ0) is 9.84. The van der Waals surface area contributed by atoms with Crippen molar-refractivity contribution in [3.05, 3.63) is 0 Å². The maximum atomic E-state index is 11.2. The standard InChI is InChI=1S/C10H19NO2/c1-8(2)10-7-11(9(3)12)5-4-6-13-10/h8,10H,4-7H2,1-3H3. The zero-order valence-electron chi connectivity index (χ0n) is 8.75. The number of nitrogens with zero attached hydrogens (tertiary/aromatic N) is 1. The SMILES string of the molecule is CC(=O)N1CCCOC(C(C)C)C1. The van der Waals surface area contributed by atoms with Gasteiger partial charge in [0, 0.05) is 26.6 Å². The molecule has 1 aliphatic heterocycles. The highest BCUT2D eigenvalue weighted by Crippen LogP contribution is 2.13. The summed E-state index contributed by atoms with van der Waals surface area (Å²) >= 11 is 0. The van der Waals surface area contributed by atoms with E-state index in [0.717, 1.165) is 26.1 Å². The number of ether oxygens (including phenoxy) is 1. The second-order valence-electron chi connectivity index (χ2n) is 3.97. The molecule has 0 saturated carbocycles. The molecule has 76 valence electrons. The summed E-state index contributed by atoms with van der Waals surface area (Å²) in [5.74, 6) is 0.649. The van der Waals surface area contributed by atoms with Gasteiger partial charge < -0.3 is 9.64 Å². The van der Waals surface area contributed by atoms with E-state index < -0.39 is 0 Å². The largest absolute Gasteiger partial charge is 0.376 e. The lowest BCUT2D eigenvalue weighted by Crippen LogP contribution is -2.37. The minimum Gasteiger partial charge on any atom is -0.376 e. The van der Waals surface area contributed by atoms with Gasteiger partial charge in [-0.2, -0.15) is 0 Å². The van der Waals surface area contributed by atoms with Gasteiger partial charge in [-0.1, -0.05) is 13.8 Å².